The SMILES string of the molecule is c1ccc(-c2ccc(-c3nc(-c4ccc(-c5ccccc5)cc4)nc(-n4c5ccccc5c5c6c(ccc54)C4(c5ccccc5-c5ccccc54)c4ccccc4-6)n3)cc2)cc1. The molecule has 0 radical (unpaired) electrons. The van der Waals surface area contributed by atoms with Crippen molar-refractivity contribution in [3.63, 3.8) is 0 Å². The largest absolute Gasteiger partial charge is 0.278 e. The van der Waals surface area contributed by atoms with Crippen LogP contribution in [0.2, 0.25) is 0 Å². The molecule has 0 saturated heterocycles. The van der Waals surface area contributed by atoms with Gasteiger partial charge in [-0.1, -0.05) is 206 Å². The van der Waals surface area contributed by atoms with Crippen molar-refractivity contribution < 1.29 is 0 Å². The predicted molar refractivity (Wildman–Crippen MR) is 252 cm³/mol. The van der Waals surface area contributed by atoms with Crippen molar-refractivity contribution in [2.75, 3.05) is 0 Å². The van der Waals surface area contributed by atoms with Gasteiger partial charge in [-0.15, -0.1) is 0 Å². The maximum Gasteiger partial charge on any atom is 0.238 e. The van der Waals surface area contributed by atoms with Crippen LogP contribution in [-0.4, -0.2) is 19.5 Å². The van der Waals surface area contributed by atoms with Crippen LogP contribution in [0.25, 0.3) is 95.0 Å². The number of hydrogen-bond acceptors (Lipinski definition) is 3. The van der Waals surface area contributed by atoms with E-state index in [-0.39, 0.29) is 0 Å². The van der Waals surface area contributed by atoms with Gasteiger partial charge in [-0.2, -0.15) is 9.97 Å². The van der Waals surface area contributed by atoms with Crippen LogP contribution >= 0.6 is 0 Å². The Labute approximate surface area is 359 Å². The zero-order chi connectivity index (χ0) is 40.8. The van der Waals surface area contributed by atoms with Crippen molar-refractivity contribution in [2.24, 2.45) is 0 Å². The molecule has 62 heavy (non-hydrogen) atoms. The van der Waals surface area contributed by atoms with Crippen molar-refractivity contribution in [1.82, 2.24) is 19.5 Å². The van der Waals surface area contributed by atoms with E-state index in [1.807, 2.05) is 12.1 Å². The van der Waals surface area contributed by atoms with Gasteiger partial charge in [0.2, 0.25) is 5.95 Å². The fourth-order valence-corrected chi connectivity index (χ4v) is 10.5. The lowest BCUT2D eigenvalue weighted by atomic mass is 9.70. The second-order valence-corrected chi connectivity index (χ2v) is 16.3. The molecule has 0 amide bonds. The third-order valence-electron chi connectivity index (χ3n) is 13.1. The molecule has 11 aromatic rings. The molecule has 288 valence electrons. The van der Waals surface area contributed by atoms with Crippen molar-refractivity contribution in [3.8, 4) is 73.2 Å². The summed E-state index contributed by atoms with van der Waals surface area (Å²) < 4.78 is 2.25. The average molecular weight is 789 g/mol. The molecular weight excluding hydrogens is 753 g/mol. The highest BCUT2D eigenvalue weighted by Crippen LogP contribution is 2.64. The average Bonchev–Trinajstić information content (AvgIpc) is 3.96. The molecule has 0 unspecified atom stereocenters. The van der Waals surface area contributed by atoms with Gasteiger partial charge in [-0.3, -0.25) is 4.57 Å². The highest BCUT2D eigenvalue weighted by Gasteiger charge is 2.52. The van der Waals surface area contributed by atoms with Gasteiger partial charge in [0.25, 0.3) is 0 Å². The zero-order valence-electron chi connectivity index (χ0n) is 33.6. The number of nitrogens with zero attached hydrogens (tertiary/aromatic N) is 4. The molecule has 9 aromatic carbocycles. The van der Waals surface area contributed by atoms with Gasteiger partial charge in [-0.25, -0.2) is 4.98 Å². The lowest BCUT2D eigenvalue weighted by Gasteiger charge is -2.30. The quantitative estimate of drug-likeness (QED) is 0.174. The standard InChI is InChI=1S/C58H36N4/c1-3-15-37(16-4-1)39-27-31-41(32-28-39)55-59-56(42-33-29-40(30-34-42)38-17-5-2-6-18-38)61-57(60-55)62-51-26-14-10-22-46(51)54-52(62)36-35-50-53(54)45-21-9-13-25-49(45)58(50)47-23-11-7-19-43(47)44-20-8-12-24-48(44)58/h1-36H. The zero-order valence-corrected chi connectivity index (χ0v) is 33.6. The van der Waals surface area contributed by atoms with Crippen molar-refractivity contribution in [3.05, 3.63) is 241 Å². The van der Waals surface area contributed by atoms with E-state index in [4.69, 9.17) is 15.0 Å². The van der Waals surface area contributed by atoms with Crippen molar-refractivity contribution in [1.29, 1.82) is 0 Å². The fourth-order valence-electron chi connectivity index (χ4n) is 10.5. The van der Waals surface area contributed by atoms with Crippen LogP contribution in [0.4, 0.5) is 0 Å². The van der Waals surface area contributed by atoms with Crippen LogP contribution in [0.1, 0.15) is 22.3 Å². The van der Waals surface area contributed by atoms with Crippen LogP contribution in [0, 0.1) is 0 Å². The van der Waals surface area contributed by atoms with Gasteiger partial charge in [0.15, 0.2) is 11.6 Å². The Bertz CT molecular complexity index is 3400. The van der Waals surface area contributed by atoms with Gasteiger partial charge in [0.05, 0.1) is 16.4 Å². The minimum absolute atomic E-state index is 0.443. The number of fused-ring (bicyclic) bond motifs is 14. The molecule has 2 aliphatic rings. The molecule has 2 aliphatic carbocycles. The van der Waals surface area contributed by atoms with Gasteiger partial charge in [0.1, 0.15) is 0 Å². The second-order valence-electron chi connectivity index (χ2n) is 16.3. The van der Waals surface area contributed by atoms with E-state index in [9.17, 15) is 0 Å². The van der Waals surface area contributed by atoms with Crippen LogP contribution in [0.3, 0.4) is 0 Å². The van der Waals surface area contributed by atoms with Crippen LogP contribution in [0.15, 0.2) is 218 Å². The molecule has 1 spiro atoms. The Hall–Kier alpha value is -8.21. The third-order valence-corrected chi connectivity index (χ3v) is 13.1. The summed E-state index contributed by atoms with van der Waals surface area (Å²) in [6.45, 7) is 0. The summed E-state index contributed by atoms with van der Waals surface area (Å²) in [5.41, 5.74) is 18.5. The topological polar surface area (TPSA) is 43.6 Å². The molecule has 0 fully saturated rings. The van der Waals surface area contributed by atoms with Gasteiger partial charge >= 0.3 is 0 Å². The van der Waals surface area contributed by atoms with Crippen LogP contribution < -0.4 is 0 Å². The van der Waals surface area contributed by atoms with E-state index in [1.54, 1.807) is 0 Å². The predicted octanol–water partition coefficient (Wildman–Crippen LogP) is 14.0. The molecule has 0 N–H and O–H groups in total. The Morgan fingerprint density at radius 3 is 1.31 bits per heavy atom. The van der Waals surface area contributed by atoms with E-state index in [2.05, 4.69) is 211 Å². The normalized spacial score (nSPS) is 13.0. The molecule has 0 aliphatic heterocycles. The molecule has 13 rings (SSSR count). The van der Waals surface area contributed by atoms with Crippen molar-refractivity contribution >= 4 is 21.8 Å². The number of hydrogen-bond donors (Lipinski definition) is 0. The molecule has 4 nitrogen and oxygen atoms in total. The lowest BCUT2D eigenvalue weighted by molar-refractivity contribution is 0.794. The third kappa shape index (κ3) is 4.92. The maximum atomic E-state index is 5.35. The van der Waals surface area contributed by atoms with Crippen molar-refractivity contribution in [2.45, 2.75) is 5.41 Å². The Morgan fingerprint density at radius 2 is 0.742 bits per heavy atom. The van der Waals surface area contributed by atoms with Gasteiger partial charge in [0, 0.05) is 21.9 Å². The molecule has 0 saturated carbocycles. The number of rotatable bonds is 5. The summed E-state index contributed by atoms with van der Waals surface area (Å²) in [7, 11) is 0. The molecule has 2 aromatic heterocycles. The second kappa shape index (κ2) is 13.4. The Balaban J connectivity index is 1.06. The van der Waals surface area contributed by atoms with Crippen LogP contribution in [0.5, 0.6) is 0 Å². The van der Waals surface area contributed by atoms with E-state index >= 15 is 0 Å². The molecule has 0 atom stereocenters. The van der Waals surface area contributed by atoms with Gasteiger partial charge in [-0.05, 0) is 78.9 Å². The summed E-state index contributed by atoms with van der Waals surface area (Å²) >= 11 is 0. The highest BCUT2D eigenvalue weighted by molar-refractivity contribution is 6.18. The molecule has 4 heteroatoms. The minimum atomic E-state index is -0.443. The smallest absolute Gasteiger partial charge is 0.238 e. The number of benzene rings is 9. The number of para-hydroxylation sites is 1. The highest BCUT2D eigenvalue weighted by atomic mass is 15.2. The van der Waals surface area contributed by atoms with E-state index in [0.29, 0.717) is 17.6 Å². The van der Waals surface area contributed by atoms with E-state index in [1.165, 1.54) is 61.0 Å². The molecule has 2 heterocycles. The lowest BCUT2D eigenvalue weighted by Crippen LogP contribution is -2.25. The minimum Gasteiger partial charge on any atom is -0.278 e. The molecular formula is C58H36N4. The summed E-state index contributed by atoms with van der Waals surface area (Å²) in [6, 6.07) is 78.4. The maximum absolute atomic E-state index is 5.35. The first-order valence-corrected chi connectivity index (χ1v) is 21.2. The van der Waals surface area contributed by atoms with Gasteiger partial charge < -0.3 is 0 Å². The van der Waals surface area contributed by atoms with E-state index < -0.39 is 5.41 Å². The Kier molecular flexibility index (Phi) is 7.49. The molecule has 0 bridgehead atoms. The Morgan fingerprint density at radius 1 is 0.306 bits per heavy atom. The summed E-state index contributed by atoms with van der Waals surface area (Å²) in [5, 5.41) is 2.36. The first-order valence-electron chi connectivity index (χ1n) is 21.2. The first-order chi connectivity index (χ1) is 30.8. The summed E-state index contributed by atoms with van der Waals surface area (Å²) in [6.07, 6.45) is 0. The first kappa shape index (κ1) is 34.6. The summed E-state index contributed by atoms with van der Waals surface area (Å²) in [4.78, 5) is 15.9. The summed E-state index contributed by atoms with van der Waals surface area (Å²) in [5.74, 6) is 1.81. The fraction of sp³-hybridized carbons (Fsp3) is 0.0172. The monoisotopic (exact) mass is 788 g/mol. The number of aromatic nitrogens is 4. The van der Waals surface area contributed by atoms with Crippen LogP contribution in [-0.2, 0) is 5.41 Å². The van der Waals surface area contributed by atoms with E-state index in [0.717, 1.165) is 38.7 Å².